The van der Waals surface area contributed by atoms with Crippen molar-refractivity contribution in [2.75, 3.05) is 51.9 Å². The van der Waals surface area contributed by atoms with Crippen molar-refractivity contribution in [1.29, 1.82) is 0 Å². The summed E-state index contributed by atoms with van der Waals surface area (Å²) in [6, 6.07) is 7.08. The van der Waals surface area contributed by atoms with Gasteiger partial charge < -0.3 is 25.0 Å². The van der Waals surface area contributed by atoms with Crippen LogP contribution in [0.2, 0.25) is 0 Å². The molecule has 0 radical (unpaired) electrons. The number of methoxy groups -OCH3 is 1. The minimum absolute atomic E-state index is 0.193. The summed E-state index contributed by atoms with van der Waals surface area (Å²) < 4.78 is 24.8. The van der Waals surface area contributed by atoms with Crippen molar-refractivity contribution >= 4 is 11.6 Å². The second-order valence-corrected chi connectivity index (χ2v) is 7.33. The lowest BCUT2D eigenvalue weighted by molar-refractivity contribution is -0.0855. The minimum Gasteiger partial charge on any atom is -0.381 e. The quantitative estimate of drug-likeness (QED) is 0.607. The Bertz CT molecular complexity index is 634. The number of hydrogen-bond acceptors (Lipinski definition) is 4. The molecule has 27 heavy (non-hydrogen) atoms. The molecule has 1 aromatic rings. The summed E-state index contributed by atoms with van der Waals surface area (Å²) in [5, 5.41) is 6.94. The third-order valence-electron chi connectivity index (χ3n) is 5.57. The van der Waals surface area contributed by atoms with Crippen molar-refractivity contribution in [3.8, 4) is 0 Å². The molecule has 1 unspecified atom stereocenters. The molecule has 2 aliphatic rings. The van der Waals surface area contributed by atoms with Crippen LogP contribution in [-0.4, -0.2) is 64.6 Å². The molecular formula is C20H31FN4O2. The van der Waals surface area contributed by atoms with Crippen molar-refractivity contribution in [3.63, 3.8) is 0 Å². The molecule has 3 rings (SSSR count). The molecule has 0 aromatic heterocycles. The Morgan fingerprint density at radius 2 is 2.22 bits per heavy atom. The van der Waals surface area contributed by atoms with E-state index >= 15 is 0 Å². The summed E-state index contributed by atoms with van der Waals surface area (Å²) in [7, 11) is 3.55. The molecule has 0 aliphatic carbocycles. The number of nitrogens with zero attached hydrogens (tertiary/aromatic N) is 2. The number of aliphatic imine (C=N–C) groups is 1. The summed E-state index contributed by atoms with van der Waals surface area (Å²) in [5.74, 6) is 0.588. The van der Waals surface area contributed by atoms with Crippen molar-refractivity contribution < 1.29 is 13.9 Å². The zero-order chi connectivity index (χ0) is 19.1. The van der Waals surface area contributed by atoms with Crippen molar-refractivity contribution in [1.82, 2.24) is 10.6 Å². The first-order chi connectivity index (χ1) is 13.1. The Morgan fingerprint density at radius 3 is 2.93 bits per heavy atom. The Morgan fingerprint density at radius 1 is 1.41 bits per heavy atom. The van der Waals surface area contributed by atoms with Gasteiger partial charge >= 0.3 is 0 Å². The average Bonchev–Trinajstić information content (AvgIpc) is 2.72. The van der Waals surface area contributed by atoms with Gasteiger partial charge in [0.15, 0.2) is 5.96 Å². The van der Waals surface area contributed by atoms with E-state index < -0.39 is 0 Å². The van der Waals surface area contributed by atoms with E-state index in [4.69, 9.17) is 9.47 Å². The molecule has 2 aliphatic heterocycles. The molecule has 0 bridgehead atoms. The van der Waals surface area contributed by atoms with E-state index in [0.29, 0.717) is 6.54 Å². The van der Waals surface area contributed by atoms with E-state index in [0.717, 1.165) is 63.6 Å². The van der Waals surface area contributed by atoms with Crippen LogP contribution in [0.1, 0.15) is 25.7 Å². The summed E-state index contributed by atoms with van der Waals surface area (Å²) in [5.41, 5.74) is 0.737. The predicted molar refractivity (Wildman–Crippen MR) is 106 cm³/mol. The van der Waals surface area contributed by atoms with Crippen molar-refractivity contribution in [3.05, 3.63) is 30.1 Å². The van der Waals surface area contributed by atoms with Gasteiger partial charge in [-0.25, -0.2) is 4.39 Å². The number of rotatable bonds is 5. The van der Waals surface area contributed by atoms with Gasteiger partial charge in [-0.1, -0.05) is 6.07 Å². The van der Waals surface area contributed by atoms with E-state index in [1.807, 2.05) is 6.07 Å². The van der Waals surface area contributed by atoms with Crippen LogP contribution < -0.4 is 15.5 Å². The summed E-state index contributed by atoms with van der Waals surface area (Å²) in [4.78, 5) is 6.60. The molecule has 1 atom stereocenters. The number of guanidine groups is 1. The van der Waals surface area contributed by atoms with Crippen LogP contribution in [0, 0.1) is 5.82 Å². The summed E-state index contributed by atoms with van der Waals surface area (Å²) >= 11 is 0. The SMILES string of the molecule is CN=C(NCC1(OC)CCOCC1)NC1CCCN(c2cccc(F)c2)C1. The molecule has 2 heterocycles. The lowest BCUT2D eigenvalue weighted by Crippen LogP contribution is -2.55. The molecule has 2 fully saturated rings. The van der Waals surface area contributed by atoms with E-state index in [1.54, 1.807) is 26.3 Å². The zero-order valence-corrected chi connectivity index (χ0v) is 16.3. The van der Waals surface area contributed by atoms with Gasteiger partial charge in [0.25, 0.3) is 0 Å². The first kappa shape index (κ1) is 19.9. The molecular weight excluding hydrogens is 347 g/mol. The Hall–Kier alpha value is -1.86. The van der Waals surface area contributed by atoms with Gasteiger partial charge in [-0.3, -0.25) is 4.99 Å². The number of ether oxygens (including phenoxy) is 2. The fourth-order valence-electron chi connectivity index (χ4n) is 3.83. The maximum atomic E-state index is 13.5. The monoisotopic (exact) mass is 378 g/mol. The number of nitrogens with one attached hydrogen (secondary N) is 2. The number of anilines is 1. The first-order valence-corrected chi connectivity index (χ1v) is 9.75. The van der Waals surface area contributed by atoms with Gasteiger partial charge in [-0.05, 0) is 31.0 Å². The molecule has 1 aromatic carbocycles. The highest BCUT2D eigenvalue weighted by atomic mass is 19.1. The fourth-order valence-corrected chi connectivity index (χ4v) is 3.83. The normalized spacial score (nSPS) is 23.1. The Kier molecular flexibility index (Phi) is 6.90. The van der Waals surface area contributed by atoms with Crippen LogP contribution in [0.5, 0.6) is 0 Å². The molecule has 0 spiro atoms. The highest BCUT2D eigenvalue weighted by Gasteiger charge is 2.32. The molecule has 150 valence electrons. The van der Waals surface area contributed by atoms with Crippen LogP contribution in [0.4, 0.5) is 10.1 Å². The summed E-state index contributed by atoms with van der Waals surface area (Å²) in [6.07, 6.45) is 3.88. The fraction of sp³-hybridized carbons (Fsp3) is 0.650. The van der Waals surface area contributed by atoms with Gasteiger partial charge in [0.1, 0.15) is 5.82 Å². The Labute approximate surface area is 161 Å². The minimum atomic E-state index is -0.198. The topological polar surface area (TPSA) is 58.1 Å². The van der Waals surface area contributed by atoms with Gasteiger partial charge in [0.05, 0.1) is 5.60 Å². The molecule has 0 amide bonds. The zero-order valence-electron chi connectivity index (χ0n) is 16.3. The van der Waals surface area contributed by atoms with E-state index in [1.165, 1.54) is 6.07 Å². The van der Waals surface area contributed by atoms with E-state index in [9.17, 15) is 4.39 Å². The maximum absolute atomic E-state index is 13.5. The van der Waals surface area contributed by atoms with Crippen molar-refractivity contribution in [2.45, 2.75) is 37.3 Å². The lowest BCUT2D eigenvalue weighted by atomic mass is 9.94. The third-order valence-corrected chi connectivity index (χ3v) is 5.57. The molecule has 0 saturated carbocycles. The second kappa shape index (κ2) is 9.37. The van der Waals surface area contributed by atoms with Gasteiger partial charge in [-0.2, -0.15) is 0 Å². The Balaban J connectivity index is 1.54. The summed E-state index contributed by atoms with van der Waals surface area (Å²) in [6.45, 7) is 3.93. The molecule has 2 saturated heterocycles. The second-order valence-electron chi connectivity index (χ2n) is 7.33. The van der Waals surface area contributed by atoms with Gasteiger partial charge in [0.2, 0.25) is 0 Å². The standard InChI is InChI=1S/C20H31FN4O2/c1-22-19(23-15-20(26-2)8-11-27-12-9-20)24-17-6-4-10-25(14-17)18-7-3-5-16(21)13-18/h3,5,7,13,17H,4,6,8-12,14-15H2,1-2H3,(H2,22,23,24). The molecule has 7 heteroatoms. The number of hydrogen-bond donors (Lipinski definition) is 2. The third kappa shape index (κ3) is 5.32. The number of benzene rings is 1. The van der Waals surface area contributed by atoms with Crippen molar-refractivity contribution in [2.24, 2.45) is 4.99 Å². The van der Waals surface area contributed by atoms with Crippen LogP contribution in [-0.2, 0) is 9.47 Å². The van der Waals surface area contributed by atoms with Gasteiger partial charge in [0, 0.05) is 71.6 Å². The van der Waals surface area contributed by atoms with Crippen LogP contribution >= 0.6 is 0 Å². The molecule has 2 N–H and O–H groups in total. The number of halogens is 1. The van der Waals surface area contributed by atoms with E-state index in [2.05, 4.69) is 20.5 Å². The lowest BCUT2D eigenvalue weighted by Gasteiger charge is -2.38. The molecule has 6 nitrogen and oxygen atoms in total. The smallest absolute Gasteiger partial charge is 0.191 e. The largest absolute Gasteiger partial charge is 0.381 e. The van der Waals surface area contributed by atoms with Crippen LogP contribution in [0.3, 0.4) is 0 Å². The first-order valence-electron chi connectivity index (χ1n) is 9.75. The average molecular weight is 378 g/mol. The van der Waals surface area contributed by atoms with E-state index in [-0.39, 0.29) is 17.5 Å². The highest BCUT2D eigenvalue weighted by Crippen LogP contribution is 2.24. The highest BCUT2D eigenvalue weighted by molar-refractivity contribution is 5.80. The van der Waals surface area contributed by atoms with Crippen LogP contribution in [0.15, 0.2) is 29.3 Å². The predicted octanol–water partition coefficient (Wildman–Crippen LogP) is 2.16. The number of piperidine rings is 1. The van der Waals surface area contributed by atoms with Crippen LogP contribution in [0.25, 0.3) is 0 Å². The maximum Gasteiger partial charge on any atom is 0.191 e. The van der Waals surface area contributed by atoms with Gasteiger partial charge in [-0.15, -0.1) is 0 Å².